The Bertz CT molecular complexity index is 1530. The quantitative estimate of drug-likeness (QED) is 0.247. The average molecular weight is 489 g/mol. The van der Waals surface area contributed by atoms with E-state index in [1.807, 2.05) is 0 Å². The molecule has 4 aromatic heterocycles. The molecule has 0 unspecified atom stereocenters. The molecule has 0 aliphatic carbocycles. The molecule has 0 saturated carbocycles. The smallest absolute Gasteiger partial charge is 0.459 e. The van der Waals surface area contributed by atoms with Crippen LogP contribution < -0.4 is 0 Å². The first-order valence-electron chi connectivity index (χ1n) is 9.88. The number of rotatable bonds is 6. The third kappa shape index (κ3) is 3.84. The molecule has 0 aliphatic rings. The molecule has 0 fully saturated rings. The van der Waals surface area contributed by atoms with Gasteiger partial charge in [0.1, 0.15) is 29.3 Å². The van der Waals surface area contributed by atoms with E-state index in [0.29, 0.717) is 22.6 Å². The molecule has 0 atom stereocenters. The van der Waals surface area contributed by atoms with Gasteiger partial charge in [-0.3, -0.25) is 9.20 Å². The van der Waals surface area contributed by atoms with Crippen LogP contribution in [0, 0.1) is 0 Å². The molecule has 0 bridgehead atoms. The van der Waals surface area contributed by atoms with Crippen molar-refractivity contribution in [3.8, 4) is 22.7 Å². The van der Waals surface area contributed by atoms with Gasteiger partial charge in [0.2, 0.25) is 6.39 Å². The van der Waals surface area contributed by atoms with Gasteiger partial charge in [-0.05, 0) is 34.9 Å². The number of fused-ring (bicyclic) bond motifs is 3. The van der Waals surface area contributed by atoms with Crippen molar-refractivity contribution in [2.24, 2.45) is 0 Å². The molecule has 0 aliphatic heterocycles. The van der Waals surface area contributed by atoms with E-state index < -0.39 is 17.8 Å². The van der Waals surface area contributed by atoms with Crippen LogP contribution in [0.1, 0.15) is 11.3 Å². The Morgan fingerprint density at radius 2 is 1.80 bits per heavy atom. The normalized spacial score (nSPS) is 12.4. The van der Waals surface area contributed by atoms with Crippen molar-refractivity contribution in [1.29, 1.82) is 0 Å². The first-order chi connectivity index (χ1) is 16.7. The van der Waals surface area contributed by atoms with Crippen LogP contribution in [-0.2, 0) is 22.1 Å². The van der Waals surface area contributed by atoms with Crippen LogP contribution in [-0.4, -0.2) is 37.2 Å². The van der Waals surface area contributed by atoms with Crippen molar-refractivity contribution in [3.05, 3.63) is 66.3 Å². The summed E-state index contributed by atoms with van der Waals surface area (Å²) >= 11 is 0. The van der Waals surface area contributed by atoms with E-state index in [4.69, 9.17) is 4.42 Å². The predicted octanol–water partition coefficient (Wildman–Crippen LogP) is 4.93. The maximum absolute atomic E-state index is 14.4. The van der Waals surface area contributed by atoms with Gasteiger partial charge in [-0.2, -0.15) is 22.0 Å². The SMILES string of the molecule is O=COCc1ccc(-c2cc(C(F)(F)C(F)(F)F)nc3c2ccc2nc(-c4nnco4)cn23)cc1. The molecule has 13 heteroatoms. The molecule has 8 nitrogen and oxygen atoms in total. The van der Waals surface area contributed by atoms with Gasteiger partial charge in [-0.15, -0.1) is 10.2 Å². The zero-order chi connectivity index (χ0) is 24.8. The van der Waals surface area contributed by atoms with E-state index in [-0.39, 0.29) is 41.5 Å². The van der Waals surface area contributed by atoms with Crippen LogP contribution in [0.25, 0.3) is 39.4 Å². The Hall–Kier alpha value is -4.42. The minimum absolute atomic E-state index is 0.0215. The van der Waals surface area contributed by atoms with Crippen LogP contribution >= 0.6 is 0 Å². The summed E-state index contributed by atoms with van der Waals surface area (Å²) in [6.45, 7) is 0.251. The summed E-state index contributed by atoms with van der Waals surface area (Å²) in [7, 11) is 0. The van der Waals surface area contributed by atoms with Crippen molar-refractivity contribution < 1.29 is 35.9 Å². The Morgan fingerprint density at radius 1 is 1.03 bits per heavy atom. The first-order valence-corrected chi connectivity index (χ1v) is 9.88. The van der Waals surface area contributed by atoms with Crippen LogP contribution in [0.4, 0.5) is 22.0 Å². The lowest BCUT2D eigenvalue weighted by atomic mass is 9.99. The number of carbonyl (C=O) groups excluding carboxylic acids is 1. The van der Waals surface area contributed by atoms with Gasteiger partial charge >= 0.3 is 12.1 Å². The summed E-state index contributed by atoms with van der Waals surface area (Å²) in [5.74, 6) is -5.18. The summed E-state index contributed by atoms with van der Waals surface area (Å²) in [5, 5.41) is 7.58. The van der Waals surface area contributed by atoms with E-state index in [1.54, 1.807) is 18.2 Å². The largest absolute Gasteiger partial charge is 0.463 e. The number of halogens is 5. The molecule has 178 valence electrons. The maximum atomic E-state index is 14.4. The number of hydrogen-bond acceptors (Lipinski definition) is 7. The van der Waals surface area contributed by atoms with Crippen molar-refractivity contribution in [1.82, 2.24) is 24.6 Å². The fourth-order valence-electron chi connectivity index (χ4n) is 3.57. The highest BCUT2D eigenvalue weighted by molar-refractivity contribution is 5.94. The number of alkyl halides is 5. The summed E-state index contributed by atoms with van der Waals surface area (Å²) in [6, 6.07) is 9.98. The standard InChI is InChI=1S/C22H12F5N5O3/c23-21(24,22(25,26)27)17-7-15(13-3-1-12(2-4-13)9-34-11-33)14-5-6-18-29-16(20-31-28-10-35-20)8-32(18)19(14)30-17/h1-8,10-11H,9H2. The van der Waals surface area contributed by atoms with Gasteiger partial charge in [-0.25, -0.2) is 9.97 Å². The number of pyridine rings is 2. The minimum atomic E-state index is -5.86. The lowest BCUT2D eigenvalue weighted by Gasteiger charge is -2.20. The Balaban J connectivity index is 1.76. The van der Waals surface area contributed by atoms with Crippen molar-refractivity contribution >= 4 is 23.2 Å². The molecule has 35 heavy (non-hydrogen) atoms. The summed E-state index contributed by atoms with van der Waals surface area (Å²) in [6.07, 6.45) is -3.43. The molecule has 0 spiro atoms. The summed E-state index contributed by atoms with van der Waals surface area (Å²) in [5.41, 5.74) is -0.202. The summed E-state index contributed by atoms with van der Waals surface area (Å²) in [4.78, 5) is 18.4. The highest BCUT2D eigenvalue weighted by atomic mass is 19.4. The Morgan fingerprint density at radius 3 is 2.46 bits per heavy atom. The third-order valence-corrected chi connectivity index (χ3v) is 5.24. The molecule has 0 N–H and O–H groups in total. The van der Waals surface area contributed by atoms with Crippen molar-refractivity contribution in [2.75, 3.05) is 0 Å². The van der Waals surface area contributed by atoms with Gasteiger partial charge < -0.3 is 9.15 Å². The lowest BCUT2D eigenvalue weighted by Crippen LogP contribution is -2.34. The van der Waals surface area contributed by atoms with E-state index in [0.717, 1.165) is 6.39 Å². The molecule has 5 rings (SSSR count). The fraction of sp³-hybridized carbons (Fsp3) is 0.136. The Kier molecular flexibility index (Phi) is 5.19. The molecular formula is C22H12F5N5O3. The number of ether oxygens (including phenoxy) is 1. The second-order valence-electron chi connectivity index (χ2n) is 7.40. The Labute approximate surface area is 192 Å². The molecule has 4 heterocycles. The van der Waals surface area contributed by atoms with Gasteiger partial charge in [0.05, 0.1) is 0 Å². The van der Waals surface area contributed by atoms with Crippen LogP contribution in [0.15, 0.2) is 59.5 Å². The zero-order valence-electron chi connectivity index (χ0n) is 17.3. The number of hydrogen-bond donors (Lipinski definition) is 0. The highest BCUT2D eigenvalue weighted by Crippen LogP contribution is 2.45. The number of aromatic nitrogens is 5. The van der Waals surface area contributed by atoms with Crippen LogP contribution in [0.2, 0.25) is 0 Å². The number of benzene rings is 1. The van der Waals surface area contributed by atoms with Crippen molar-refractivity contribution in [3.63, 3.8) is 0 Å². The molecule has 1 aromatic carbocycles. The summed E-state index contributed by atoms with van der Waals surface area (Å²) < 4.78 is 79.6. The van der Waals surface area contributed by atoms with Gasteiger partial charge in [-0.1, -0.05) is 24.3 Å². The van der Waals surface area contributed by atoms with E-state index >= 15 is 0 Å². The van der Waals surface area contributed by atoms with Crippen LogP contribution in [0.3, 0.4) is 0 Å². The molecule has 0 amide bonds. The predicted molar refractivity (Wildman–Crippen MR) is 110 cm³/mol. The molecule has 0 saturated heterocycles. The number of imidazole rings is 1. The molecule has 0 radical (unpaired) electrons. The number of carbonyl (C=O) groups is 1. The maximum Gasteiger partial charge on any atom is 0.459 e. The third-order valence-electron chi connectivity index (χ3n) is 5.24. The minimum Gasteiger partial charge on any atom is -0.463 e. The lowest BCUT2D eigenvalue weighted by molar-refractivity contribution is -0.290. The van der Waals surface area contributed by atoms with Gasteiger partial charge in [0, 0.05) is 11.6 Å². The molecular weight excluding hydrogens is 477 g/mol. The van der Waals surface area contributed by atoms with Gasteiger partial charge in [0.25, 0.3) is 12.4 Å². The van der Waals surface area contributed by atoms with E-state index in [1.165, 1.54) is 28.8 Å². The van der Waals surface area contributed by atoms with E-state index in [9.17, 15) is 26.7 Å². The molecule has 5 aromatic rings. The topological polar surface area (TPSA) is 95.4 Å². The second kappa shape index (κ2) is 8.11. The second-order valence-corrected chi connectivity index (χ2v) is 7.40. The highest BCUT2D eigenvalue weighted by Gasteiger charge is 2.60. The van der Waals surface area contributed by atoms with Crippen molar-refractivity contribution in [2.45, 2.75) is 18.7 Å². The first kappa shape index (κ1) is 22.4. The van der Waals surface area contributed by atoms with Crippen LogP contribution in [0.5, 0.6) is 0 Å². The number of nitrogens with zero attached hydrogens (tertiary/aromatic N) is 5. The zero-order valence-corrected chi connectivity index (χ0v) is 17.3. The van der Waals surface area contributed by atoms with Gasteiger partial charge in [0.15, 0.2) is 0 Å². The monoisotopic (exact) mass is 489 g/mol. The van der Waals surface area contributed by atoms with E-state index in [2.05, 4.69) is 24.9 Å². The average Bonchev–Trinajstić information content (AvgIpc) is 3.51. The fourth-order valence-corrected chi connectivity index (χ4v) is 3.57.